The van der Waals surface area contributed by atoms with Crippen molar-refractivity contribution in [3.8, 4) is 12.3 Å². The molecule has 0 radical (unpaired) electrons. The highest BCUT2D eigenvalue weighted by Gasteiger charge is 2.15. The number of hydrogen-bond acceptors (Lipinski definition) is 3. The van der Waals surface area contributed by atoms with Gasteiger partial charge in [0.05, 0.1) is 0 Å². The molecule has 3 rings (SSSR count). The van der Waals surface area contributed by atoms with Crippen molar-refractivity contribution in [2.45, 2.75) is 46.6 Å². The number of fused-ring (bicyclic) bond motifs is 1. The summed E-state index contributed by atoms with van der Waals surface area (Å²) in [6.45, 7) is 8.00. The number of aryl methyl sites for hydroxylation is 3. The summed E-state index contributed by atoms with van der Waals surface area (Å²) < 4.78 is 0. The van der Waals surface area contributed by atoms with Crippen LogP contribution in [0.25, 0.3) is 0 Å². The number of urea groups is 1. The van der Waals surface area contributed by atoms with Crippen LogP contribution in [0.4, 0.5) is 10.6 Å². The van der Waals surface area contributed by atoms with Crippen LogP contribution in [0.2, 0.25) is 0 Å². The average Bonchev–Trinajstić information content (AvgIpc) is 2.70. The Balaban J connectivity index is 0.000000941. The van der Waals surface area contributed by atoms with Crippen LogP contribution in [0.15, 0.2) is 30.3 Å². The molecule has 0 fully saturated rings. The van der Waals surface area contributed by atoms with Crippen LogP contribution in [-0.4, -0.2) is 31.2 Å². The highest BCUT2D eigenvalue weighted by molar-refractivity contribution is 5.73. The third-order valence-corrected chi connectivity index (χ3v) is 5.01. The lowest BCUT2D eigenvalue weighted by Gasteiger charge is -2.26. The van der Waals surface area contributed by atoms with Gasteiger partial charge in [-0.25, -0.2) is 9.78 Å². The molecular formula is C24H32N4O. The predicted octanol–water partition coefficient (Wildman–Crippen LogP) is 3.76. The lowest BCUT2D eigenvalue weighted by Crippen LogP contribution is -2.36. The molecule has 1 aliphatic rings. The highest BCUT2D eigenvalue weighted by Crippen LogP contribution is 2.23. The molecule has 5 heteroatoms. The molecule has 0 saturated heterocycles. The number of aromatic nitrogens is 1. The van der Waals surface area contributed by atoms with Crippen LogP contribution in [0, 0.1) is 26.2 Å². The van der Waals surface area contributed by atoms with Crippen molar-refractivity contribution in [1.82, 2.24) is 15.6 Å². The molecule has 29 heavy (non-hydrogen) atoms. The van der Waals surface area contributed by atoms with E-state index in [0.717, 1.165) is 36.5 Å². The Kier molecular flexibility index (Phi) is 8.54. The molecule has 2 heterocycles. The van der Waals surface area contributed by atoms with Crippen molar-refractivity contribution < 1.29 is 4.79 Å². The number of rotatable bonds is 5. The van der Waals surface area contributed by atoms with E-state index in [0.29, 0.717) is 13.1 Å². The van der Waals surface area contributed by atoms with Gasteiger partial charge >= 0.3 is 6.03 Å². The van der Waals surface area contributed by atoms with Crippen LogP contribution in [0.3, 0.4) is 0 Å². The van der Waals surface area contributed by atoms with Crippen molar-refractivity contribution in [3.63, 3.8) is 0 Å². The second-order valence-electron chi connectivity index (χ2n) is 7.38. The maximum absolute atomic E-state index is 12.0. The molecule has 2 aromatic rings. The highest BCUT2D eigenvalue weighted by atomic mass is 16.2. The number of carbonyl (C=O) groups excluding carboxylic acids is 1. The van der Waals surface area contributed by atoms with E-state index in [2.05, 4.69) is 79.1 Å². The van der Waals surface area contributed by atoms with E-state index in [9.17, 15) is 4.79 Å². The van der Waals surface area contributed by atoms with Crippen LogP contribution in [0.5, 0.6) is 0 Å². The number of carbonyl (C=O) groups is 1. The zero-order chi connectivity index (χ0) is 21.2. The Morgan fingerprint density at radius 2 is 1.97 bits per heavy atom. The Morgan fingerprint density at radius 1 is 1.21 bits per heavy atom. The molecule has 2 amide bonds. The van der Waals surface area contributed by atoms with Gasteiger partial charge in [-0.15, -0.1) is 12.3 Å². The summed E-state index contributed by atoms with van der Waals surface area (Å²) in [7, 11) is 2.09. The van der Waals surface area contributed by atoms with E-state index < -0.39 is 0 Å². The van der Waals surface area contributed by atoms with Crippen molar-refractivity contribution in [2.24, 2.45) is 0 Å². The molecule has 0 atom stereocenters. The average molecular weight is 393 g/mol. The molecule has 1 aromatic heterocycles. The summed E-state index contributed by atoms with van der Waals surface area (Å²) in [5.41, 5.74) is 5.96. The fourth-order valence-electron chi connectivity index (χ4n) is 3.26. The maximum Gasteiger partial charge on any atom is 0.315 e. The molecule has 0 bridgehead atoms. The standard InChI is InChI=1S/C21H28N4O.C3H4/c1-15-6-7-17(13-16(15)2)14-23-21(26)22-11-10-19-9-8-18-5-4-12-25(3)20(18)24-19;1-3-2/h6-9,13H,4-5,10-12,14H2,1-3H3,(H2,22,23,26);1H,2H3. The Bertz CT molecular complexity index is 870. The van der Waals surface area contributed by atoms with E-state index in [-0.39, 0.29) is 6.03 Å². The third kappa shape index (κ3) is 6.83. The summed E-state index contributed by atoms with van der Waals surface area (Å²) in [5.74, 6) is 3.34. The molecule has 5 nitrogen and oxygen atoms in total. The van der Waals surface area contributed by atoms with E-state index in [1.165, 1.54) is 23.1 Å². The van der Waals surface area contributed by atoms with Crippen LogP contribution in [0.1, 0.15) is 41.3 Å². The van der Waals surface area contributed by atoms with Gasteiger partial charge in [-0.3, -0.25) is 0 Å². The van der Waals surface area contributed by atoms with Crippen molar-refractivity contribution in [3.05, 3.63) is 58.3 Å². The molecule has 0 unspecified atom stereocenters. The molecule has 1 aliphatic heterocycles. The Hall–Kier alpha value is -3.00. The van der Waals surface area contributed by atoms with Crippen molar-refractivity contribution >= 4 is 11.8 Å². The summed E-state index contributed by atoms with van der Waals surface area (Å²) in [6, 6.07) is 10.4. The molecule has 0 spiro atoms. The van der Waals surface area contributed by atoms with E-state index >= 15 is 0 Å². The van der Waals surface area contributed by atoms with E-state index in [4.69, 9.17) is 4.98 Å². The van der Waals surface area contributed by atoms with Gasteiger partial charge in [-0.2, -0.15) is 0 Å². The van der Waals surface area contributed by atoms with E-state index in [1.54, 1.807) is 6.92 Å². The van der Waals surface area contributed by atoms with Crippen LogP contribution in [-0.2, 0) is 19.4 Å². The third-order valence-electron chi connectivity index (χ3n) is 5.01. The monoisotopic (exact) mass is 392 g/mol. The Labute approximate surface area is 174 Å². The molecule has 2 N–H and O–H groups in total. The van der Waals surface area contributed by atoms with Gasteiger partial charge in [0.1, 0.15) is 5.82 Å². The number of nitrogens with one attached hydrogen (secondary N) is 2. The second-order valence-corrected chi connectivity index (χ2v) is 7.38. The topological polar surface area (TPSA) is 57.3 Å². The van der Waals surface area contributed by atoms with Gasteiger partial charge in [0, 0.05) is 38.8 Å². The smallest absolute Gasteiger partial charge is 0.315 e. The minimum atomic E-state index is -0.140. The zero-order valence-electron chi connectivity index (χ0n) is 18.0. The lowest BCUT2D eigenvalue weighted by molar-refractivity contribution is 0.240. The largest absolute Gasteiger partial charge is 0.359 e. The number of benzene rings is 1. The Morgan fingerprint density at radius 3 is 2.69 bits per heavy atom. The van der Waals surface area contributed by atoms with Gasteiger partial charge in [0.25, 0.3) is 0 Å². The first-order chi connectivity index (χ1) is 13.9. The lowest BCUT2D eigenvalue weighted by atomic mass is 10.1. The number of terminal acetylenes is 1. The van der Waals surface area contributed by atoms with Crippen LogP contribution < -0.4 is 15.5 Å². The minimum absolute atomic E-state index is 0.140. The van der Waals surface area contributed by atoms with Crippen molar-refractivity contribution in [1.29, 1.82) is 0 Å². The van der Waals surface area contributed by atoms with E-state index in [1.807, 2.05) is 0 Å². The first-order valence-corrected chi connectivity index (χ1v) is 10.1. The summed E-state index contributed by atoms with van der Waals surface area (Å²) in [5, 5.41) is 5.83. The number of hydrogen-bond donors (Lipinski definition) is 2. The minimum Gasteiger partial charge on any atom is -0.359 e. The summed E-state index contributed by atoms with van der Waals surface area (Å²) >= 11 is 0. The molecule has 154 valence electrons. The van der Waals surface area contributed by atoms with Gasteiger partial charge in [0.2, 0.25) is 0 Å². The maximum atomic E-state index is 12.0. The number of nitrogens with zero attached hydrogens (tertiary/aromatic N) is 2. The van der Waals surface area contributed by atoms with Gasteiger partial charge in [0.15, 0.2) is 0 Å². The van der Waals surface area contributed by atoms with Gasteiger partial charge < -0.3 is 15.5 Å². The molecule has 0 aliphatic carbocycles. The SMILES string of the molecule is C#CC.Cc1ccc(CNC(=O)NCCc2ccc3c(n2)N(C)CCC3)cc1C. The second kappa shape index (κ2) is 11.1. The number of anilines is 1. The zero-order valence-corrected chi connectivity index (χ0v) is 18.0. The molecule has 1 aromatic carbocycles. The predicted molar refractivity (Wildman–Crippen MR) is 120 cm³/mol. The fourth-order valence-corrected chi connectivity index (χ4v) is 3.26. The molecular weight excluding hydrogens is 360 g/mol. The summed E-state index contributed by atoms with van der Waals surface area (Å²) in [6.07, 6.45) is 7.62. The first kappa shape index (κ1) is 22.3. The van der Waals surface area contributed by atoms with Gasteiger partial charge in [-0.05, 0) is 61.9 Å². The number of pyridine rings is 1. The summed E-state index contributed by atoms with van der Waals surface area (Å²) in [4.78, 5) is 19.0. The van der Waals surface area contributed by atoms with Crippen LogP contribution >= 0.6 is 0 Å². The van der Waals surface area contributed by atoms with Gasteiger partial charge in [-0.1, -0.05) is 24.3 Å². The number of amides is 2. The van der Waals surface area contributed by atoms with Crippen molar-refractivity contribution in [2.75, 3.05) is 25.0 Å². The normalized spacial score (nSPS) is 12.2. The quantitative estimate of drug-likeness (QED) is 0.762. The molecule has 0 saturated carbocycles. The first-order valence-electron chi connectivity index (χ1n) is 10.1. The fraction of sp³-hybridized carbons (Fsp3) is 0.417.